The van der Waals surface area contributed by atoms with Gasteiger partial charge in [-0.15, -0.1) is 0 Å². The number of anilines is 1. The molecule has 1 aromatic rings. The van der Waals surface area contributed by atoms with Crippen molar-refractivity contribution in [1.82, 2.24) is 20.0 Å². The molecule has 0 saturated carbocycles. The zero-order valence-corrected chi connectivity index (χ0v) is 11.2. The minimum atomic E-state index is 0.712. The van der Waals surface area contributed by atoms with Gasteiger partial charge in [-0.1, -0.05) is 0 Å². The van der Waals surface area contributed by atoms with Gasteiger partial charge < -0.3 is 9.80 Å². The maximum Gasteiger partial charge on any atom is 0.150 e. The van der Waals surface area contributed by atoms with Gasteiger partial charge in [0.2, 0.25) is 0 Å². The number of nitrogens with zero attached hydrogens (tertiary/aromatic N) is 4. The van der Waals surface area contributed by atoms with Crippen molar-refractivity contribution in [2.45, 2.75) is 18.9 Å². The lowest BCUT2D eigenvalue weighted by Crippen LogP contribution is -2.54. The van der Waals surface area contributed by atoms with Crippen molar-refractivity contribution in [3.8, 4) is 0 Å². The van der Waals surface area contributed by atoms with Crippen LogP contribution >= 0.6 is 0 Å². The molecule has 1 aromatic heterocycles. The Balaban J connectivity index is 1.60. The maximum atomic E-state index is 4.31. The Kier molecular flexibility index (Phi) is 3.52. The first-order valence-electron chi connectivity index (χ1n) is 7.00. The smallest absolute Gasteiger partial charge is 0.150 e. The van der Waals surface area contributed by atoms with Crippen LogP contribution in [0.4, 0.5) is 5.82 Å². The molecule has 2 aliphatic heterocycles. The summed E-state index contributed by atoms with van der Waals surface area (Å²) in [7, 11) is 2.22. The molecular formula is C13H23N5. The van der Waals surface area contributed by atoms with Crippen molar-refractivity contribution < 1.29 is 0 Å². The molecule has 0 amide bonds. The fraction of sp³-hybridized carbons (Fsp3) is 0.769. The minimum absolute atomic E-state index is 0.712. The van der Waals surface area contributed by atoms with Crippen LogP contribution in [-0.2, 0) is 0 Å². The van der Waals surface area contributed by atoms with E-state index < -0.39 is 0 Å². The lowest BCUT2D eigenvalue weighted by molar-refractivity contribution is 0.102. The van der Waals surface area contributed by atoms with E-state index in [0.717, 1.165) is 18.9 Å². The predicted octanol–water partition coefficient (Wildman–Crippen LogP) is 0.626. The molecule has 3 heterocycles. The summed E-state index contributed by atoms with van der Waals surface area (Å²) in [6, 6.07) is 2.79. The molecule has 2 aliphatic rings. The Morgan fingerprint density at radius 1 is 1.22 bits per heavy atom. The summed E-state index contributed by atoms with van der Waals surface area (Å²) in [4.78, 5) is 7.51. The van der Waals surface area contributed by atoms with Gasteiger partial charge in [-0.2, -0.15) is 5.10 Å². The Morgan fingerprint density at radius 3 is 2.78 bits per heavy atom. The van der Waals surface area contributed by atoms with Crippen LogP contribution in [0.25, 0.3) is 0 Å². The van der Waals surface area contributed by atoms with Crippen LogP contribution in [0.2, 0.25) is 0 Å². The Bertz CT molecular complexity index is 355. The van der Waals surface area contributed by atoms with Crippen LogP contribution in [0.5, 0.6) is 0 Å². The number of hydrogen-bond acceptors (Lipinski definition) is 4. The van der Waals surface area contributed by atoms with Crippen molar-refractivity contribution in [3.05, 3.63) is 12.3 Å². The van der Waals surface area contributed by atoms with Gasteiger partial charge in [0.1, 0.15) is 5.82 Å². The van der Waals surface area contributed by atoms with E-state index in [9.17, 15) is 0 Å². The van der Waals surface area contributed by atoms with Gasteiger partial charge in [0.05, 0.1) is 0 Å². The molecule has 3 rings (SSSR count). The van der Waals surface area contributed by atoms with E-state index in [1.807, 2.05) is 6.20 Å². The number of aromatic nitrogens is 2. The Hall–Kier alpha value is -1.07. The highest BCUT2D eigenvalue weighted by Gasteiger charge is 2.27. The number of aromatic amines is 1. The van der Waals surface area contributed by atoms with E-state index in [4.69, 9.17) is 0 Å². The molecule has 0 unspecified atom stereocenters. The molecular weight excluding hydrogens is 226 g/mol. The lowest BCUT2D eigenvalue weighted by Gasteiger charge is -2.42. The van der Waals surface area contributed by atoms with Crippen LogP contribution in [-0.4, -0.2) is 72.4 Å². The normalized spacial score (nSPS) is 27.6. The van der Waals surface area contributed by atoms with Gasteiger partial charge in [0, 0.05) is 57.6 Å². The zero-order valence-electron chi connectivity index (χ0n) is 11.2. The third-order valence-corrected chi connectivity index (χ3v) is 4.26. The highest BCUT2D eigenvalue weighted by atomic mass is 15.3. The first-order chi connectivity index (χ1) is 8.83. The van der Waals surface area contributed by atoms with Crippen LogP contribution in [0.1, 0.15) is 12.8 Å². The largest absolute Gasteiger partial charge is 0.354 e. The van der Waals surface area contributed by atoms with E-state index in [1.54, 1.807) is 0 Å². The van der Waals surface area contributed by atoms with Gasteiger partial charge in [0.25, 0.3) is 0 Å². The third-order valence-electron chi connectivity index (χ3n) is 4.26. The molecule has 2 fully saturated rings. The SMILES string of the molecule is CN1CCN([C@@H]2CCCN(c3cc[nH]n3)C2)CC1. The molecule has 0 aliphatic carbocycles. The van der Waals surface area contributed by atoms with E-state index >= 15 is 0 Å². The minimum Gasteiger partial charge on any atom is -0.354 e. The topological polar surface area (TPSA) is 38.4 Å². The zero-order chi connectivity index (χ0) is 12.4. The van der Waals surface area contributed by atoms with Crippen molar-refractivity contribution >= 4 is 5.82 Å². The molecule has 2 saturated heterocycles. The fourth-order valence-electron chi connectivity index (χ4n) is 3.08. The molecule has 1 N–H and O–H groups in total. The first-order valence-corrected chi connectivity index (χ1v) is 7.00. The third kappa shape index (κ3) is 2.52. The summed E-state index contributed by atoms with van der Waals surface area (Å²) in [6.45, 7) is 7.13. The lowest BCUT2D eigenvalue weighted by atomic mass is 10.0. The van der Waals surface area contributed by atoms with Gasteiger partial charge in [-0.25, -0.2) is 0 Å². The van der Waals surface area contributed by atoms with E-state index in [1.165, 1.54) is 39.0 Å². The standard InChI is InChI=1S/C13H23N5/c1-16-7-9-17(10-8-16)12-3-2-6-18(11-12)13-4-5-14-15-13/h4-5,12H,2-3,6-11H2,1H3,(H,14,15)/t12-/m1/s1. The second-order valence-corrected chi connectivity index (χ2v) is 5.51. The van der Waals surface area contributed by atoms with Crippen molar-refractivity contribution in [2.24, 2.45) is 0 Å². The van der Waals surface area contributed by atoms with E-state index in [0.29, 0.717) is 6.04 Å². The number of rotatable bonds is 2. The van der Waals surface area contributed by atoms with Crippen LogP contribution in [0.15, 0.2) is 12.3 Å². The molecule has 5 heteroatoms. The van der Waals surface area contributed by atoms with Gasteiger partial charge in [-0.05, 0) is 19.9 Å². The van der Waals surface area contributed by atoms with Gasteiger partial charge in [-0.3, -0.25) is 10.00 Å². The van der Waals surface area contributed by atoms with E-state index in [-0.39, 0.29) is 0 Å². The van der Waals surface area contributed by atoms with Gasteiger partial charge >= 0.3 is 0 Å². The number of likely N-dealkylation sites (N-methyl/N-ethyl adjacent to an activating group) is 1. The van der Waals surface area contributed by atoms with E-state index in [2.05, 4.69) is 38.0 Å². The summed E-state index contributed by atoms with van der Waals surface area (Å²) in [6.07, 6.45) is 4.53. The number of nitrogens with one attached hydrogen (secondary N) is 1. The van der Waals surface area contributed by atoms with Crippen molar-refractivity contribution in [1.29, 1.82) is 0 Å². The molecule has 0 spiro atoms. The number of hydrogen-bond donors (Lipinski definition) is 1. The predicted molar refractivity (Wildman–Crippen MR) is 72.9 cm³/mol. The number of piperazine rings is 1. The van der Waals surface area contributed by atoms with Crippen LogP contribution in [0.3, 0.4) is 0 Å². The van der Waals surface area contributed by atoms with Crippen molar-refractivity contribution in [2.75, 3.05) is 51.2 Å². The number of H-pyrrole nitrogens is 1. The second kappa shape index (κ2) is 5.28. The van der Waals surface area contributed by atoms with Gasteiger partial charge in [0.15, 0.2) is 0 Å². The average Bonchev–Trinajstić information content (AvgIpc) is 2.94. The maximum absolute atomic E-state index is 4.31. The molecule has 18 heavy (non-hydrogen) atoms. The fourth-order valence-corrected chi connectivity index (χ4v) is 3.08. The molecule has 0 bridgehead atoms. The first kappa shape index (κ1) is 12.0. The molecule has 1 atom stereocenters. The second-order valence-electron chi connectivity index (χ2n) is 5.51. The molecule has 100 valence electrons. The summed E-state index contributed by atoms with van der Waals surface area (Å²) in [5.74, 6) is 1.11. The number of piperidine rings is 1. The summed E-state index contributed by atoms with van der Waals surface area (Å²) < 4.78 is 0. The molecule has 0 aromatic carbocycles. The van der Waals surface area contributed by atoms with Crippen LogP contribution in [0, 0.1) is 0 Å². The highest BCUT2D eigenvalue weighted by molar-refractivity contribution is 5.37. The Labute approximate surface area is 109 Å². The monoisotopic (exact) mass is 249 g/mol. The summed E-state index contributed by atoms with van der Waals surface area (Å²) in [5.41, 5.74) is 0. The quantitative estimate of drug-likeness (QED) is 0.834. The van der Waals surface area contributed by atoms with Crippen LogP contribution < -0.4 is 4.90 Å². The highest BCUT2D eigenvalue weighted by Crippen LogP contribution is 2.21. The summed E-state index contributed by atoms with van der Waals surface area (Å²) >= 11 is 0. The molecule has 0 radical (unpaired) electrons. The average molecular weight is 249 g/mol. The summed E-state index contributed by atoms with van der Waals surface area (Å²) in [5, 5.41) is 7.22. The molecule has 5 nitrogen and oxygen atoms in total. The Morgan fingerprint density at radius 2 is 2.06 bits per heavy atom. The van der Waals surface area contributed by atoms with Crippen molar-refractivity contribution in [3.63, 3.8) is 0 Å².